The minimum absolute atomic E-state index is 0. The molecule has 3 heterocycles. The second kappa shape index (κ2) is 8.85. The summed E-state index contributed by atoms with van der Waals surface area (Å²) in [7, 11) is 0. The van der Waals surface area contributed by atoms with Crippen molar-refractivity contribution >= 4 is 23.6 Å². The molecule has 0 unspecified atom stereocenters. The Balaban J connectivity index is 0.00000225. The van der Waals surface area contributed by atoms with Crippen molar-refractivity contribution in [3.63, 3.8) is 0 Å². The number of thioether (sulfide) groups is 1. The van der Waals surface area contributed by atoms with Gasteiger partial charge in [-0.15, -0.1) is 10.1 Å². The van der Waals surface area contributed by atoms with Gasteiger partial charge in [-0.1, -0.05) is 11.8 Å². The van der Waals surface area contributed by atoms with Crippen LogP contribution in [0.1, 0.15) is 0 Å². The first-order valence-corrected chi connectivity index (χ1v) is 8.72. The fourth-order valence-electron chi connectivity index (χ4n) is 2.98. The predicted molar refractivity (Wildman–Crippen MR) is 79.3 cm³/mol. The van der Waals surface area contributed by atoms with Gasteiger partial charge in [-0.2, -0.15) is 0 Å². The molecule has 13 heteroatoms. The van der Waals surface area contributed by atoms with E-state index in [1.54, 1.807) is 11.8 Å². The number of hydrogen-bond donors (Lipinski definition) is 3. The molecule has 0 aromatic heterocycles. The molecule has 3 aliphatic heterocycles. The molecule has 3 rings (SSSR count). The maximum atomic E-state index is 12.0. The van der Waals surface area contributed by atoms with E-state index in [0.717, 1.165) is 11.6 Å². The quantitative estimate of drug-likeness (QED) is 0.296. The highest BCUT2D eigenvalue weighted by Crippen LogP contribution is 2.28. The number of carbonyl (C=O) groups excluding carboxylic acids is 2. The van der Waals surface area contributed by atoms with Gasteiger partial charge in [0.15, 0.2) is 12.1 Å². The first-order chi connectivity index (χ1) is 11.5. The summed E-state index contributed by atoms with van der Waals surface area (Å²) >= 11 is 1.68. The number of hydrogen-bond acceptors (Lipinski definition) is 8. The minimum atomic E-state index is -0.875. The van der Waals surface area contributed by atoms with E-state index in [1.807, 2.05) is 5.32 Å². The molecule has 4 N–H and O–H groups in total. The molecule has 0 aliphatic carbocycles. The minimum Gasteiger partial charge on any atom is -1.00 e. The molecule has 0 aromatic rings. The number of carbonyl (C=O) groups is 2. The van der Waals surface area contributed by atoms with E-state index in [9.17, 15) is 19.7 Å². The average Bonchev–Trinajstić information content (AvgIpc) is 3.25. The van der Waals surface area contributed by atoms with Crippen LogP contribution in [0.25, 0.3) is 0 Å². The number of rotatable bonds is 6. The van der Waals surface area contributed by atoms with Gasteiger partial charge in [0.25, 0.3) is 11.0 Å². The fourth-order valence-corrected chi connectivity index (χ4v) is 4.02. The second-order valence-electron chi connectivity index (χ2n) is 5.73. The van der Waals surface area contributed by atoms with Crippen molar-refractivity contribution in [2.45, 2.75) is 30.4 Å². The number of quaternary nitrogens is 1. The number of nitrogens with zero attached hydrogens (tertiary/aromatic N) is 1. The SMILES string of the molecule is O=C(CNC(=O)[C@@H]1CSC[NH2+]1)N[C@H]1CO[C@H]2[C@@H]1OC[C@@H]2O[N+](=O)[O-].[Cl-]. The van der Waals surface area contributed by atoms with Gasteiger partial charge in [0.05, 0.1) is 31.6 Å². The summed E-state index contributed by atoms with van der Waals surface area (Å²) in [5.74, 6) is 1.06. The van der Waals surface area contributed by atoms with Crippen molar-refractivity contribution < 1.29 is 46.7 Å². The van der Waals surface area contributed by atoms with Crippen molar-refractivity contribution in [1.29, 1.82) is 0 Å². The van der Waals surface area contributed by atoms with Crippen LogP contribution in [0.4, 0.5) is 0 Å². The van der Waals surface area contributed by atoms with Crippen LogP contribution in [-0.2, 0) is 23.9 Å². The van der Waals surface area contributed by atoms with E-state index in [4.69, 9.17) is 9.47 Å². The molecule has 0 saturated carbocycles. The fraction of sp³-hybridized carbons (Fsp3) is 0.833. The van der Waals surface area contributed by atoms with Gasteiger partial charge in [-0.3, -0.25) is 9.59 Å². The van der Waals surface area contributed by atoms with Crippen LogP contribution in [0.3, 0.4) is 0 Å². The van der Waals surface area contributed by atoms with Crippen molar-refractivity contribution in [2.24, 2.45) is 0 Å². The monoisotopic (exact) mass is 398 g/mol. The molecule has 0 aromatic carbocycles. The van der Waals surface area contributed by atoms with Gasteiger partial charge in [0.2, 0.25) is 5.91 Å². The van der Waals surface area contributed by atoms with Gasteiger partial charge < -0.3 is 42.7 Å². The maximum Gasteiger partial charge on any atom is 0.294 e. The molecule has 3 aliphatic rings. The molecule has 0 spiro atoms. The highest BCUT2D eigenvalue weighted by Gasteiger charge is 2.49. The van der Waals surface area contributed by atoms with Crippen molar-refractivity contribution in [3.8, 4) is 0 Å². The molecule has 11 nitrogen and oxygen atoms in total. The van der Waals surface area contributed by atoms with E-state index >= 15 is 0 Å². The molecule has 5 atom stereocenters. The number of nitrogens with one attached hydrogen (secondary N) is 2. The Hall–Kier alpha value is -1.34. The normalized spacial score (nSPS) is 33.2. The van der Waals surface area contributed by atoms with Gasteiger partial charge in [-0.05, 0) is 0 Å². The summed E-state index contributed by atoms with van der Waals surface area (Å²) in [6, 6.07) is -0.575. The Labute approximate surface area is 153 Å². The van der Waals surface area contributed by atoms with Crippen LogP contribution in [-0.4, -0.2) is 78.7 Å². The third-order valence-corrected chi connectivity index (χ3v) is 5.15. The second-order valence-corrected chi connectivity index (χ2v) is 6.81. The van der Waals surface area contributed by atoms with Gasteiger partial charge in [0.1, 0.15) is 18.1 Å². The lowest BCUT2D eigenvalue weighted by Crippen LogP contribution is -3.00. The lowest BCUT2D eigenvalue weighted by molar-refractivity contribution is -0.769. The first-order valence-electron chi connectivity index (χ1n) is 7.57. The van der Waals surface area contributed by atoms with Crippen LogP contribution in [0.15, 0.2) is 0 Å². The lowest BCUT2D eigenvalue weighted by atomic mass is 10.1. The number of ether oxygens (including phenoxy) is 2. The summed E-state index contributed by atoms with van der Waals surface area (Å²) in [4.78, 5) is 38.8. The van der Waals surface area contributed by atoms with Crippen molar-refractivity contribution in [2.75, 3.05) is 31.4 Å². The van der Waals surface area contributed by atoms with Crippen LogP contribution in [0.5, 0.6) is 0 Å². The molecule has 25 heavy (non-hydrogen) atoms. The Bertz CT molecular complexity index is 522. The molecule has 2 amide bonds. The Morgan fingerprint density at radius 3 is 2.76 bits per heavy atom. The summed E-state index contributed by atoms with van der Waals surface area (Å²) in [6.07, 6.45) is -1.86. The first kappa shape index (κ1) is 20.0. The maximum absolute atomic E-state index is 12.0. The lowest BCUT2D eigenvalue weighted by Gasteiger charge is -2.17. The number of fused-ring (bicyclic) bond motifs is 1. The molecule has 142 valence electrons. The molecule has 0 radical (unpaired) electrons. The number of amides is 2. The van der Waals surface area contributed by atoms with E-state index in [0.29, 0.717) is 0 Å². The third kappa shape index (κ3) is 4.85. The number of halogens is 1. The van der Waals surface area contributed by atoms with Crippen LogP contribution < -0.4 is 28.4 Å². The molecule has 3 fully saturated rings. The largest absolute Gasteiger partial charge is 1.00 e. The third-order valence-electron chi connectivity index (χ3n) is 4.13. The standard InChI is InChI=1S/C12H18N4O7S.ClH/c17-9(1-13-12(18)7-4-24-5-14-7)15-6-2-21-11-8(23-16(19)20)3-22-10(6)11;/h6-8,10-11,14H,1-5H2,(H,13,18)(H,15,17);1H/t6-,7-,8-,10+,11+;/m0./s1. The summed E-state index contributed by atoms with van der Waals surface area (Å²) in [6.45, 7) is 0.0881. The van der Waals surface area contributed by atoms with Crippen LogP contribution in [0, 0.1) is 10.1 Å². The molecular weight excluding hydrogens is 380 g/mol. The predicted octanol–water partition coefficient (Wildman–Crippen LogP) is -6.40. The zero-order valence-electron chi connectivity index (χ0n) is 13.1. The smallest absolute Gasteiger partial charge is 0.294 e. The Kier molecular flexibility index (Phi) is 7.07. The Morgan fingerprint density at radius 2 is 2.08 bits per heavy atom. The van der Waals surface area contributed by atoms with Crippen LogP contribution in [0.2, 0.25) is 0 Å². The zero-order chi connectivity index (χ0) is 17.1. The summed E-state index contributed by atoms with van der Waals surface area (Å²) in [5.41, 5.74) is 0. The summed E-state index contributed by atoms with van der Waals surface area (Å²) in [5, 5.41) is 16.8. The zero-order valence-corrected chi connectivity index (χ0v) is 14.7. The molecule has 0 bridgehead atoms. The van der Waals surface area contributed by atoms with Crippen LogP contribution >= 0.6 is 11.8 Å². The van der Waals surface area contributed by atoms with Crippen molar-refractivity contribution in [1.82, 2.24) is 10.6 Å². The number of nitrogens with two attached hydrogens (primary N) is 1. The van der Waals surface area contributed by atoms with Gasteiger partial charge in [-0.25, -0.2) is 0 Å². The molecule has 3 saturated heterocycles. The van der Waals surface area contributed by atoms with E-state index in [2.05, 4.69) is 15.5 Å². The topological polar surface area (TPSA) is 146 Å². The van der Waals surface area contributed by atoms with E-state index in [-0.39, 0.29) is 50.0 Å². The van der Waals surface area contributed by atoms with Gasteiger partial charge in [0, 0.05) is 0 Å². The van der Waals surface area contributed by atoms with Crippen molar-refractivity contribution in [3.05, 3.63) is 10.1 Å². The summed E-state index contributed by atoms with van der Waals surface area (Å²) < 4.78 is 10.9. The Morgan fingerprint density at radius 1 is 1.32 bits per heavy atom. The highest BCUT2D eigenvalue weighted by molar-refractivity contribution is 7.99. The molecular formula is C12H19ClN4O7S. The van der Waals surface area contributed by atoms with E-state index in [1.165, 1.54) is 0 Å². The van der Waals surface area contributed by atoms with E-state index < -0.39 is 29.4 Å². The highest BCUT2D eigenvalue weighted by atomic mass is 35.5. The van der Waals surface area contributed by atoms with Gasteiger partial charge >= 0.3 is 0 Å². The average molecular weight is 399 g/mol.